The van der Waals surface area contributed by atoms with Crippen molar-refractivity contribution in [2.24, 2.45) is 0 Å². The average Bonchev–Trinajstić information content (AvgIpc) is 3.05. The van der Waals surface area contributed by atoms with Crippen LogP contribution < -0.4 is 10.1 Å². The Labute approximate surface area is 138 Å². The Morgan fingerprint density at radius 3 is 2.54 bits per heavy atom. The van der Waals surface area contributed by atoms with Crippen LogP contribution in [0.2, 0.25) is 0 Å². The van der Waals surface area contributed by atoms with Crippen molar-refractivity contribution in [1.82, 2.24) is 4.98 Å². The Hall–Kier alpha value is -3.28. The van der Waals surface area contributed by atoms with Gasteiger partial charge in [0.1, 0.15) is 11.4 Å². The number of esters is 1. The number of aromatic nitrogens is 1. The number of hydrogen-bond acceptors (Lipinski definition) is 4. The molecule has 2 N–H and O–H groups in total. The van der Waals surface area contributed by atoms with Gasteiger partial charge in [0.25, 0.3) is 5.91 Å². The van der Waals surface area contributed by atoms with E-state index in [9.17, 15) is 9.59 Å². The molecular formula is C18H16N2O4. The molecule has 3 aromatic rings. The van der Waals surface area contributed by atoms with Crippen LogP contribution in [0.15, 0.2) is 54.6 Å². The van der Waals surface area contributed by atoms with E-state index >= 15 is 0 Å². The average molecular weight is 324 g/mol. The van der Waals surface area contributed by atoms with Crippen LogP contribution in [0.3, 0.4) is 0 Å². The molecule has 0 fully saturated rings. The molecule has 122 valence electrons. The molecule has 0 saturated heterocycles. The number of para-hydroxylation sites is 1. The maximum Gasteiger partial charge on any atom is 0.343 e. The first-order chi connectivity index (χ1) is 11.7. The SMILES string of the molecule is COC(=O)COc1ccc(NC(=O)c2cc3ccccc3[nH]2)cc1. The summed E-state index contributed by atoms with van der Waals surface area (Å²) in [4.78, 5) is 26.4. The normalized spacial score (nSPS) is 10.4. The van der Waals surface area contributed by atoms with Gasteiger partial charge in [-0.1, -0.05) is 18.2 Å². The summed E-state index contributed by atoms with van der Waals surface area (Å²) in [5.74, 6) is -0.162. The summed E-state index contributed by atoms with van der Waals surface area (Å²) < 4.78 is 9.75. The molecule has 0 unspecified atom stereocenters. The van der Waals surface area contributed by atoms with Crippen LogP contribution in [0.25, 0.3) is 10.9 Å². The molecule has 0 aliphatic heterocycles. The van der Waals surface area contributed by atoms with Gasteiger partial charge in [-0.25, -0.2) is 4.79 Å². The lowest BCUT2D eigenvalue weighted by Crippen LogP contribution is -2.13. The van der Waals surface area contributed by atoms with Gasteiger partial charge in [0.05, 0.1) is 7.11 Å². The van der Waals surface area contributed by atoms with Gasteiger partial charge in [-0.3, -0.25) is 4.79 Å². The zero-order valence-electron chi connectivity index (χ0n) is 13.0. The lowest BCUT2D eigenvalue weighted by Gasteiger charge is -2.07. The van der Waals surface area contributed by atoms with E-state index in [1.807, 2.05) is 24.3 Å². The summed E-state index contributed by atoms with van der Waals surface area (Å²) in [5, 5.41) is 3.79. The first-order valence-electron chi connectivity index (χ1n) is 7.34. The lowest BCUT2D eigenvalue weighted by atomic mass is 10.2. The molecule has 3 rings (SSSR count). The molecule has 1 aromatic heterocycles. The number of carbonyl (C=O) groups is 2. The standard InChI is InChI=1S/C18H16N2O4/c1-23-17(21)11-24-14-8-6-13(7-9-14)19-18(22)16-10-12-4-2-3-5-15(12)20-16/h2-10,20H,11H2,1H3,(H,19,22). The number of H-pyrrole nitrogens is 1. The minimum absolute atomic E-state index is 0.155. The van der Waals surface area contributed by atoms with Crippen LogP contribution in [-0.2, 0) is 9.53 Å². The maximum atomic E-state index is 12.3. The molecule has 6 heteroatoms. The van der Waals surface area contributed by atoms with Gasteiger partial charge in [0.15, 0.2) is 6.61 Å². The number of amides is 1. The van der Waals surface area contributed by atoms with Crippen LogP contribution in [0.1, 0.15) is 10.5 Å². The Morgan fingerprint density at radius 2 is 1.83 bits per heavy atom. The Balaban J connectivity index is 1.64. The second-order valence-corrected chi connectivity index (χ2v) is 5.11. The quantitative estimate of drug-likeness (QED) is 0.707. The van der Waals surface area contributed by atoms with Crippen LogP contribution in [0.5, 0.6) is 5.75 Å². The van der Waals surface area contributed by atoms with Crippen LogP contribution in [0, 0.1) is 0 Å². The summed E-state index contributed by atoms with van der Waals surface area (Å²) >= 11 is 0. The van der Waals surface area contributed by atoms with Crippen LogP contribution in [-0.4, -0.2) is 30.6 Å². The second kappa shape index (κ2) is 6.87. The highest BCUT2D eigenvalue weighted by Crippen LogP contribution is 2.18. The first-order valence-corrected chi connectivity index (χ1v) is 7.34. The molecule has 0 aliphatic carbocycles. The number of hydrogen-bond donors (Lipinski definition) is 2. The molecule has 1 amide bonds. The first kappa shape index (κ1) is 15.6. The Morgan fingerprint density at radius 1 is 1.08 bits per heavy atom. The Bertz CT molecular complexity index is 835. The number of aromatic amines is 1. The minimum Gasteiger partial charge on any atom is -0.482 e. The molecule has 2 aromatic carbocycles. The number of rotatable bonds is 5. The topological polar surface area (TPSA) is 80.4 Å². The molecule has 0 spiro atoms. The number of carbonyl (C=O) groups excluding carboxylic acids is 2. The number of anilines is 1. The molecule has 0 atom stereocenters. The van der Waals surface area contributed by atoms with E-state index in [0.29, 0.717) is 17.1 Å². The third-order valence-electron chi connectivity index (χ3n) is 3.47. The predicted octanol–water partition coefficient (Wildman–Crippen LogP) is 2.97. The largest absolute Gasteiger partial charge is 0.482 e. The van der Waals surface area contributed by atoms with Crippen molar-refractivity contribution < 1.29 is 19.1 Å². The van der Waals surface area contributed by atoms with Crippen molar-refractivity contribution >= 4 is 28.5 Å². The van der Waals surface area contributed by atoms with Crippen LogP contribution >= 0.6 is 0 Å². The molecular weight excluding hydrogens is 308 g/mol. The van der Waals surface area contributed by atoms with Crippen molar-refractivity contribution in [3.63, 3.8) is 0 Å². The molecule has 6 nitrogen and oxygen atoms in total. The molecule has 1 heterocycles. The lowest BCUT2D eigenvalue weighted by molar-refractivity contribution is -0.142. The van der Waals surface area contributed by atoms with Gasteiger partial charge >= 0.3 is 5.97 Å². The van der Waals surface area contributed by atoms with Crippen molar-refractivity contribution in [3.8, 4) is 5.75 Å². The van der Waals surface area contributed by atoms with Gasteiger partial charge in [-0.2, -0.15) is 0 Å². The molecule has 24 heavy (non-hydrogen) atoms. The van der Waals surface area contributed by atoms with Crippen molar-refractivity contribution in [2.45, 2.75) is 0 Å². The van der Waals surface area contributed by atoms with Crippen molar-refractivity contribution in [2.75, 3.05) is 19.0 Å². The van der Waals surface area contributed by atoms with Gasteiger partial charge in [-0.05, 0) is 36.4 Å². The highest BCUT2D eigenvalue weighted by atomic mass is 16.6. The maximum absolute atomic E-state index is 12.3. The Kier molecular flexibility index (Phi) is 4.47. The van der Waals surface area contributed by atoms with Crippen LogP contribution in [0.4, 0.5) is 5.69 Å². The monoisotopic (exact) mass is 324 g/mol. The number of ether oxygens (including phenoxy) is 2. The zero-order chi connectivity index (χ0) is 16.9. The van der Waals surface area contributed by atoms with E-state index in [2.05, 4.69) is 15.0 Å². The van der Waals surface area contributed by atoms with E-state index in [0.717, 1.165) is 10.9 Å². The van der Waals surface area contributed by atoms with Gasteiger partial charge in [0.2, 0.25) is 0 Å². The van der Waals surface area contributed by atoms with Gasteiger partial charge in [-0.15, -0.1) is 0 Å². The fraction of sp³-hybridized carbons (Fsp3) is 0.111. The number of fused-ring (bicyclic) bond motifs is 1. The van der Waals surface area contributed by atoms with E-state index in [-0.39, 0.29) is 12.5 Å². The fourth-order valence-corrected chi connectivity index (χ4v) is 2.23. The number of nitrogens with one attached hydrogen (secondary N) is 2. The summed E-state index contributed by atoms with van der Waals surface area (Å²) in [6, 6.07) is 16.2. The second-order valence-electron chi connectivity index (χ2n) is 5.11. The predicted molar refractivity (Wildman–Crippen MR) is 90.2 cm³/mol. The molecule has 0 saturated carbocycles. The summed E-state index contributed by atoms with van der Waals surface area (Å²) in [5.41, 5.74) is 2.03. The third-order valence-corrected chi connectivity index (χ3v) is 3.47. The molecule has 0 radical (unpaired) electrons. The molecule has 0 aliphatic rings. The van der Waals surface area contributed by atoms with E-state index in [1.54, 1.807) is 30.3 Å². The van der Waals surface area contributed by atoms with E-state index in [1.165, 1.54) is 7.11 Å². The third kappa shape index (κ3) is 3.55. The van der Waals surface area contributed by atoms with Gasteiger partial charge in [0, 0.05) is 16.6 Å². The number of benzene rings is 2. The van der Waals surface area contributed by atoms with Crippen molar-refractivity contribution in [3.05, 3.63) is 60.3 Å². The van der Waals surface area contributed by atoms with Crippen molar-refractivity contribution in [1.29, 1.82) is 0 Å². The summed E-state index contributed by atoms with van der Waals surface area (Å²) in [6.45, 7) is -0.155. The molecule has 0 bridgehead atoms. The highest BCUT2D eigenvalue weighted by molar-refractivity contribution is 6.05. The summed E-state index contributed by atoms with van der Waals surface area (Å²) in [7, 11) is 1.30. The summed E-state index contributed by atoms with van der Waals surface area (Å²) in [6.07, 6.45) is 0. The zero-order valence-corrected chi connectivity index (χ0v) is 13.0. The fourth-order valence-electron chi connectivity index (χ4n) is 2.23. The van der Waals surface area contributed by atoms with E-state index in [4.69, 9.17) is 4.74 Å². The van der Waals surface area contributed by atoms with E-state index < -0.39 is 5.97 Å². The smallest absolute Gasteiger partial charge is 0.343 e. The minimum atomic E-state index is -0.453. The van der Waals surface area contributed by atoms with Gasteiger partial charge < -0.3 is 19.8 Å². The highest BCUT2D eigenvalue weighted by Gasteiger charge is 2.10. The number of methoxy groups -OCH3 is 1.